The Morgan fingerprint density at radius 1 is 1.05 bits per heavy atom. The van der Waals surface area contributed by atoms with Crippen molar-refractivity contribution in [1.29, 1.82) is 0 Å². The molecular formula is C18H23ClN2O. The standard InChI is InChI=1S/C18H22N2O.ClH/c1-21-18-9-5-14(6-10-18)12-20(17-7-8-17)13-15-3-2-4-16(19)11-15;/h2-6,9-11,17H,7-8,12-13,19H2,1H3;1H. The summed E-state index contributed by atoms with van der Waals surface area (Å²) in [5, 5.41) is 0. The van der Waals surface area contributed by atoms with Crippen molar-refractivity contribution in [2.75, 3.05) is 12.8 Å². The van der Waals surface area contributed by atoms with Gasteiger partial charge >= 0.3 is 0 Å². The number of ether oxygens (including phenoxy) is 1. The molecule has 0 atom stereocenters. The Hall–Kier alpha value is -1.71. The number of anilines is 1. The molecule has 3 nitrogen and oxygen atoms in total. The molecule has 0 unspecified atom stereocenters. The van der Waals surface area contributed by atoms with Gasteiger partial charge in [-0.05, 0) is 48.2 Å². The number of halogens is 1. The number of nitrogens with two attached hydrogens (primary N) is 1. The summed E-state index contributed by atoms with van der Waals surface area (Å²) in [6.07, 6.45) is 2.61. The van der Waals surface area contributed by atoms with Crippen LogP contribution in [0.5, 0.6) is 5.75 Å². The molecule has 0 heterocycles. The van der Waals surface area contributed by atoms with Gasteiger partial charge in [0.2, 0.25) is 0 Å². The van der Waals surface area contributed by atoms with Crippen LogP contribution in [0.3, 0.4) is 0 Å². The highest BCUT2D eigenvalue weighted by Gasteiger charge is 2.28. The molecule has 0 spiro atoms. The van der Waals surface area contributed by atoms with E-state index in [9.17, 15) is 0 Å². The molecule has 0 aliphatic heterocycles. The van der Waals surface area contributed by atoms with E-state index in [2.05, 4.69) is 29.2 Å². The van der Waals surface area contributed by atoms with Crippen molar-refractivity contribution in [3.8, 4) is 5.75 Å². The zero-order valence-corrected chi connectivity index (χ0v) is 13.7. The van der Waals surface area contributed by atoms with Crippen LogP contribution in [0, 0.1) is 0 Å². The molecule has 1 aliphatic carbocycles. The zero-order chi connectivity index (χ0) is 14.7. The van der Waals surface area contributed by atoms with Crippen LogP contribution in [0.4, 0.5) is 5.69 Å². The van der Waals surface area contributed by atoms with E-state index in [1.165, 1.54) is 24.0 Å². The summed E-state index contributed by atoms with van der Waals surface area (Å²) in [5.74, 6) is 0.910. The highest BCUT2D eigenvalue weighted by Crippen LogP contribution is 2.30. The molecule has 0 radical (unpaired) electrons. The van der Waals surface area contributed by atoms with Crippen molar-refractivity contribution in [1.82, 2.24) is 4.90 Å². The largest absolute Gasteiger partial charge is 0.497 e. The van der Waals surface area contributed by atoms with Crippen LogP contribution < -0.4 is 10.5 Å². The van der Waals surface area contributed by atoms with Crippen molar-refractivity contribution < 1.29 is 4.74 Å². The second-order valence-corrected chi connectivity index (χ2v) is 5.73. The van der Waals surface area contributed by atoms with Gasteiger partial charge in [-0.25, -0.2) is 0 Å². The van der Waals surface area contributed by atoms with E-state index in [4.69, 9.17) is 10.5 Å². The van der Waals surface area contributed by atoms with Gasteiger partial charge in [0.05, 0.1) is 7.11 Å². The van der Waals surface area contributed by atoms with Crippen molar-refractivity contribution >= 4 is 18.1 Å². The monoisotopic (exact) mass is 318 g/mol. The normalized spacial score (nSPS) is 13.7. The average Bonchev–Trinajstić information content (AvgIpc) is 3.32. The van der Waals surface area contributed by atoms with Gasteiger partial charge in [-0.2, -0.15) is 0 Å². The molecule has 1 saturated carbocycles. The summed E-state index contributed by atoms with van der Waals surface area (Å²) in [6.45, 7) is 1.94. The number of benzene rings is 2. The van der Waals surface area contributed by atoms with Crippen molar-refractivity contribution in [2.45, 2.75) is 32.0 Å². The minimum Gasteiger partial charge on any atom is -0.497 e. The summed E-state index contributed by atoms with van der Waals surface area (Å²) in [5.41, 5.74) is 9.33. The summed E-state index contributed by atoms with van der Waals surface area (Å²) in [4.78, 5) is 2.54. The molecule has 22 heavy (non-hydrogen) atoms. The Bertz CT molecular complexity index is 596. The molecule has 0 saturated heterocycles. The SMILES string of the molecule is COc1ccc(CN(Cc2cccc(N)c2)C2CC2)cc1.Cl. The van der Waals surface area contributed by atoms with Gasteiger partial charge in [-0.1, -0.05) is 24.3 Å². The predicted molar refractivity (Wildman–Crippen MR) is 93.4 cm³/mol. The Balaban J connectivity index is 0.00000176. The van der Waals surface area contributed by atoms with Gasteiger partial charge in [0.15, 0.2) is 0 Å². The molecular weight excluding hydrogens is 296 g/mol. The van der Waals surface area contributed by atoms with Gasteiger partial charge in [0.1, 0.15) is 5.75 Å². The second-order valence-electron chi connectivity index (χ2n) is 5.73. The van der Waals surface area contributed by atoms with Crippen LogP contribution >= 0.6 is 12.4 Å². The molecule has 0 amide bonds. The average molecular weight is 319 g/mol. The van der Waals surface area contributed by atoms with Crippen LogP contribution in [0.15, 0.2) is 48.5 Å². The maximum absolute atomic E-state index is 5.88. The lowest BCUT2D eigenvalue weighted by atomic mass is 10.1. The van der Waals surface area contributed by atoms with E-state index < -0.39 is 0 Å². The quantitative estimate of drug-likeness (QED) is 0.822. The first-order chi connectivity index (χ1) is 10.2. The van der Waals surface area contributed by atoms with Gasteiger partial charge in [-0.15, -0.1) is 12.4 Å². The van der Waals surface area contributed by atoms with E-state index >= 15 is 0 Å². The maximum Gasteiger partial charge on any atom is 0.118 e. The smallest absolute Gasteiger partial charge is 0.118 e. The van der Waals surface area contributed by atoms with E-state index in [0.29, 0.717) is 6.04 Å². The van der Waals surface area contributed by atoms with Crippen LogP contribution in [-0.4, -0.2) is 18.1 Å². The van der Waals surface area contributed by atoms with Gasteiger partial charge in [0, 0.05) is 24.8 Å². The third-order valence-electron chi connectivity index (χ3n) is 3.94. The highest BCUT2D eigenvalue weighted by atomic mass is 35.5. The summed E-state index contributed by atoms with van der Waals surface area (Å²) in [6, 6.07) is 17.3. The zero-order valence-electron chi connectivity index (χ0n) is 12.9. The minimum absolute atomic E-state index is 0. The third kappa shape index (κ3) is 4.39. The molecule has 4 heteroatoms. The van der Waals surface area contributed by atoms with Crippen LogP contribution in [0.2, 0.25) is 0 Å². The second kappa shape index (κ2) is 7.52. The Kier molecular flexibility index (Phi) is 5.69. The minimum atomic E-state index is 0. The number of hydrogen-bond donors (Lipinski definition) is 1. The molecule has 118 valence electrons. The number of nitrogens with zero attached hydrogens (tertiary/aromatic N) is 1. The van der Waals surface area contributed by atoms with Gasteiger partial charge in [-0.3, -0.25) is 4.90 Å². The first-order valence-corrected chi connectivity index (χ1v) is 7.46. The Morgan fingerprint density at radius 3 is 2.32 bits per heavy atom. The van der Waals surface area contributed by atoms with Crippen LogP contribution in [-0.2, 0) is 13.1 Å². The summed E-state index contributed by atoms with van der Waals surface area (Å²) in [7, 11) is 1.70. The van der Waals surface area contributed by atoms with E-state index in [1.54, 1.807) is 7.11 Å². The lowest BCUT2D eigenvalue weighted by Crippen LogP contribution is -2.25. The van der Waals surface area contributed by atoms with Gasteiger partial charge in [0.25, 0.3) is 0 Å². The fourth-order valence-corrected chi connectivity index (χ4v) is 2.65. The summed E-state index contributed by atoms with van der Waals surface area (Å²) < 4.78 is 5.22. The number of rotatable bonds is 6. The third-order valence-corrected chi connectivity index (χ3v) is 3.94. The molecule has 1 aliphatic rings. The molecule has 0 bridgehead atoms. The molecule has 2 N–H and O–H groups in total. The fraction of sp³-hybridized carbons (Fsp3) is 0.333. The fourth-order valence-electron chi connectivity index (χ4n) is 2.65. The summed E-state index contributed by atoms with van der Waals surface area (Å²) >= 11 is 0. The maximum atomic E-state index is 5.88. The first kappa shape index (κ1) is 16.7. The Labute approximate surface area is 138 Å². The van der Waals surface area contributed by atoms with Crippen molar-refractivity contribution in [3.05, 3.63) is 59.7 Å². The molecule has 3 rings (SSSR count). The van der Waals surface area contributed by atoms with Crippen LogP contribution in [0.25, 0.3) is 0 Å². The lowest BCUT2D eigenvalue weighted by Gasteiger charge is -2.22. The molecule has 2 aromatic carbocycles. The molecule has 2 aromatic rings. The highest BCUT2D eigenvalue weighted by molar-refractivity contribution is 5.85. The van der Waals surface area contributed by atoms with E-state index in [0.717, 1.165) is 24.5 Å². The van der Waals surface area contributed by atoms with Crippen molar-refractivity contribution in [2.24, 2.45) is 0 Å². The van der Waals surface area contributed by atoms with E-state index in [1.807, 2.05) is 24.3 Å². The van der Waals surface area contributed by atoms with Gasteiger partial charge < -0.3 is 10.5 Å². The topological polar surface area (TPSA) is 38.5 Å². The first-order valence-electron chi connectivity index (χ1n) is 7.46. The molecule has 0 aromatic heterocycles. The van der Waals surface area contributed by atoms with E-state index in [-0.39, 0.29) is 12.4 Å². The van der Waals surface area contributed by atoms with Crippen molar-refractivity contribution in [3.63, 3.8) is 0 Å². The number of nitrogen functional groups attached to an aromatic ring is 1. The molecule has 1 fully saturated rings. The predicted octanol–water partition coefficient (Wildman–Crippen LogP) is 3.86. The Morgan fingerprint density at radius 2 is 1.73 bits per heavy atom. The lowest BCUT2D eigenvalue weighted by molar-refractivity contribution is 0.245. The number of methoxy groups -OCH3 is 1. The number of hydrogen-bond acceptors (Lipinski definition) is 3. The van der Waals surface area contributed by atoms with Crippen LogP contribution in [0.1, 0.15) is 24.0 Å².